The number of aryl methyl sites for hydroxylation is 2. The molecule has 0 unspecified atom stereocenters. The van der Waals surface area contributed by atoms with Gasteiger partial charge in [0.25, 0.3) is 0 Å². The smallest absolute Gasteiger partial charge is 0.176 e. The van der Waals surface area contributed by atoms with Gasteiger partial charge in [0.1, 0.15) is 0 Å². The van der Waals surface area contributed by atoms with Crippen LogP contribution in [0.5, 0.6) is 0 Å². The average Bonchev–Trinajstić information content (AvgIpc) is 3.25. The third-order valence-corrected chi connectivity index (χ3v) is 5.32. The number of nitrogens with zero attached hydrogens (tertiary/aromatic N) is 5. The second-order valence-electron chi connectivity index (χ2n) is 7.32. The Morgan fingerprint density at radius 2 is 1.56 bits per heavy atom. The molecule has 0 radical (unpaired) electrons. The molecule has 1 saturated carbocycles. The summed E-state index contributed by atoms with van der Waals surface area (Å²) in [6.45, 7) is 6.00. The van der Waals surface area contributed by atoms with Crippen molar-refractivity contribution in [3.63, 3.8) is 0 Å². The third kappa shape index (κ3) is 3.68. The van der Waals surface area contributed by atoms with Gasteiger partial charge in [-0.2, -0.15) is 5.10 Å². The molecule has 2 aromatic rings. The van der Waals surface area contributed by atoms with Crippen molar-refractivity contribution in [2.45, 2.75) is 64.6 Å². The Balaban J connectivity index is 1.36. The van der Waals surface area contributed by atoms with E-state index in [9.17, 15) is 0 Å². The first-order valence-electron chi connectivity index (χ1n) is 9.47. The monoisotopic (exact) mass is 341 g/mol. The molecule has 0 bridgehead atoms. The highest BCUT2D eigenvalue weighted by atomic mass is 16.5. The van der Waals surface area contributed by atoms with E-state index in [0.29, 0.717) is 12.2 Å². The van der Waals surface area contributed by atoms with Crippen molar-refractivity contribution in [3.05, 3.63) is 29.6 Å². The van der Waals surface area contributed by atoms with Gasteiger partial charge in [0.2, 0.25) is 0 Å². The van der Waals surface area contributed by atoms with Crippen LogP contribution in [0.15, 0.2) is 18.2 Å². The van der Waals surface area contributed by atoms with Gasteiger partial charge < -0.3 is 9.64 Å². The molecule has 6 nitrogen and oxygen atoms in total. The lowest BCUT2D eigenvalue weighted by Crippen LogP contribution is -2.38. The Kier molecular flexibility index (Phi) is 4.70. The lowest BCUT2D eigenvalue weighted by Gasteiger charge is -2.33. The average molecular weight is 341 g/mol. The van der Waals surface area contributed by atoms with Gasteiger partial charge in [0, 0.05) is 18.8 Å². The highest BCUT2D eigenvalue weighted by Crippen LogP contribution is 2.26. The SMILES string of the molecule is Cc1cc(C)n(-c2ccc(N3CCC(OC4CCCC4)CC3)nn2)n1. The molecule has 1 aliphatic carbocycles. The minimum Gasteiger partial charge on any atom is -0.375 e. The molecule has 0 N–H and O–H groups in total. The van der Waals surface area contributed by atoms with E-state index in [1.807, 2.05) is 30.7 Å². The Morgan fingerprint density at radius 1 is 0.920 bits per heavy atom. The number of hydrogen-bond donors (Lipinski definition) is 0. The van der Waals surface area contributed by atoms with Gasteiger partial charge in [0.15, 0.2) is 11.6 Å². The summed E-state index contributed by atoms with van der Waals surface area (Å²) in [7, 11) is 0. The first-order valence-corrected chi connectivity index (χ1v) is 9.47. The molecule has 0 spiro atoms. The van der Waals surface area contributed by atoms with Crippen LogP contribution in [0.3, 0.4) is 0 Å². The van der Waals surface area contributed by atoms with E-state index in [2.05, 4.69) is 26.3 Å². The molecule has 0 atom stereocenters. The molecular formula is C19H27N5O. The Bertz CT molecular complexity index is 697. The van der Waals surface area contributed by atoms with Crippen molar-refractivity contribution < 1.29 is 4.74 Å². The first kappa shape index (κ1) is 16.5. The quantitative estimate of drug-likeness (QED) is 0.855. The normalized spacial score (nSPS) is 19.7. The van der Waals surface area contributed by atoms with Crippen LogP contribution < -0.4 is 4.90 Å². The van der Waals surface area contributed by atoms with E-state index >= 15 is 0 Å². The Hall–Kier alpha value is -1.95. The van der Waals surface area contributed by atoms with Gasteiger partial charge in [-0.3, -0.25) is 0 Å². The maximum absolute atomic E-state index is 6.25. The van der Waals surface area contributed by atoms with Crippen molar-refractivity contribution in [2.75, 3.05) is 18.0 Å². The zero-order valence-corrected chi connectivity index (χ0v) is 15.2. The number of piperidine rings is 1. The molecule has 134 valence electrons. The van der Waals surface area contributed by atoms with Crippen LogP contribution >= 0.6 is 0 Å². The zero-order chi connectivity index (χ0) is 17.2. The van der Waals surface area contributed by atoms with Gasteiger partial charge in [-0.15, -0.1) is 10.2 Å². The standard InChI is InChI=1S/C19H27N5O/c1-14-13-15(2)24(22-14)19-8-7-18(20-21-19)23-11-9-17(10-12-23)25-16-5-3-4-6-16/h7-8,13,16-17H,3-6,9-12H2,1-2H3. The van der Waals surface area contributed by atoms with Crippen molar-refractivity contribution >= 4 is 5.82 Å². The highest BCUT2D eigenvalue weighted by Gasteiger charge is 2.25. The highest BCUT2D eigenvalue weighted by molar-refractivity contribution is 5.40. The maximum Gasteiger partial charge on any atom is 0.176 e. The predicted molar refractivity (Wildman–Crippen MR) is 97.2 cm³/mol. The zero-order valence-electron chi connectivity index (χ0n) is 15.2. The Morgan fingerprint density at radius 3 is 2.16 bits per heavy atom. The van der Waals surface area contributed by atoms with Crippen LogP contribution in [0.1, 0.15) is 49.9 Å². The molecule has 1 aliphatic heterocycles. The van der Waals surface area contributed by atoms with Crippen molar-refractivity contribution in [1.82, 2.24) is 20.0 Å². The number of rotatable bonds is 4. The minimum absolute atomic E-state index is 0.418. The summed E-state index contributed by atoms with van der Waals surface area (Å²) in [5.41, 5.74) is 2.07. The van der Waals surface area contributed by atoms with E-state index in [1.165, 1.54) is 25.7 Å². The lowest BCUT2D eigenvalue weighted by molar-refractivity contribution is -0.0195. The molecular weight excluding hydrogens is 314 g/mol. The number of aromatic nitrogens is 4. The summed E-state index contributed by atoms with van der Waals surface area (Å²) >= 11 is 0. The second-order valence-corrected chi connectivity index (χ2v) is 7.32. The molecule has 1 saturated heterocycles. The van der Waals surface area contributed by atoms with E-state index in [4.69, 9.17) is 4.74 Å². The molecule has 2 aliphatic rings. The van der Waals surface area contributed by atoms with Gasteiger partial charge in [-0.25, -0.2) is 4.68 Å². The second kappa shape index (κ2) is 7.12. The predicted octanol–water partition coefficient (Wildman–Crippen LogP) is 3.21. The van der Waals surface area contributed by atoms with Crippen LogP contribution in [0.2, 0.25) is 0 Å². The summed E-state index contributed by atoms with van der Waals surface area (Å²) < 4.78 is 8.10. The van der Waals surface area contributed by atoms with Crippen LogP contribution in [0, 0.1) is 13.8 Å². The fourth-order valence-electron chi connectivity index (χ4n) is 3.98. The molecule has 6 heteroatoms. The molecule has 2 aromatic heterocycles. The number of ether oxygens (including phenoxy) is 1. The van der Waals surface area contributed by atoms with E-state index < -0.39 is 0 Å². The van der Waals surface area contributed by atoms with Gasteiger partial charge in [-0.05, 0) is 57.7 Å². The fourth-order valence-corrected chi connectivity index (χ4v) is 3.98. The van der Waals surface area contributed by atoms with Crippen molar-refractivity contribution in [3.8, 4) is 5.82 Å². The summed E-state index contributed by atoms with van der Waals surface area (Å²) in [6.07, 6.45) is 8.26. The summed E-state index contributed by atoms with van der Waals surface area (Å²) in [6, 6.07) is 6.10. The largest absolute Gasteiger partial charge is 0.375 e. The van der Waals surface area contributed by atoms with Gasteiger partial charge >= 0.3 is 0 Å². The van der Waals surface area contributed by atoms with Crippen LogP contribution in [-0.2, 0) is 4.74 Å². The lowest BCUT2D eigenvalue weighted by atomic mass is 10.1. The minimum atomic E-state index is 0.418. The van der Waals surface area contributed by atoms with Crippen LogP contribution in [0.25, 0.3) is 5.82 Å². The van der Waals surface area contributed by atoms with E-state index in [1.54, 1.807) is 0 Å². The first-order chi connectivity index (χ1) is 12.2. The summed E-state index contributed by atoms with van der Waals surface area (Å²) in [5.74, 6) is 1.72. The topological polar surface area (TPSA) is 56.1 Å². The summed E-state index contributed by atoms with van der Waals surface area (Å²) in [4.78, 5) is 2.31. The van der Waals surface area contributed by atoms with Crippen molar-refractivity contribution in [1.29, 1.82) is 0 Å². The van der Waals surface area contributed by atoms with E-state index in [0.717, 1.165) is 49.0 Å². The fraction of sp³-hybridized carbons (Fsp3) is 0.632. The molecule has 4 rings (SSSR count). The number of anilines is 1. The van der Waals surface area contributed by atoms with Crippen molar-refractivity contribution in [2.24, 2.45) is 0 Å². The third-order valence-electron chi connectivity index (χ3n) is 5.32. The van der Waals surface area contributed by atoms with E-state index in [-0.39, 0.29) is 0 Å². The van der Waals surface area contributed by atoms with Crippen LogP contribution in [0.4, 0.5) is 5.82 Å². The molecule has 3 heterocycles. The molecule has 0 amide bonds. The molecule has 0 aromatic carbocycles. The molecule has 2 fully saturated rings. The Labute approximate surface area is 149 Å². The maximum atomic E-state index is 6.25. The molecule has 25 heavy (non-hydrogen) atoms. The van der Waals surface area contributed by atoms with Gasteiger partial charge in [0.05, 0.1) is 17.9 Å². The van der Waals surface area contributed by atoms with Gasteiger partial charge in [-0.1, -0.05) is 12.8 Å². The summed E-state index contributed by atoms with van der Waals surface area (Å²) in [5, 5.41) is 13.3. The van der Waals surface area contributed by atoms with Crippen LogP contribution in [-0.4, -0.2) is 45.3 Å². The number of hydrogen-bond acceptors (Lipinski definition) is 5.